The van der Waals surface area contributed by atoms with Gasteiger partial charge in [0.25, 0.3) is 0 Å². The van der Waals surface area contributed by atoms with Gasteiger partial charge < -0.3 is 64.8 Å². The number of hydrogen-bond acceptors (Lipinski definition) is 12. The smallest absolute Gasteiger partial charge is 0.325 e. The van der Waals surface area contributed by atoms with E-state index in [9.17, 15) is 47.9 Å². The van der Waals surface area contributed by atoms with Crippen molar-refractivity contribution in [3.05, 3.63) is 0 Å². The van der Waals surface area contributed by atoms with Crippen molar-refractivity contribution in [1.29, 1.82) is 0 Å². The molecule has 0 heterocycles. The number of carboxylic acids is 1. The normalized spacial score (nSPS) is 12.8. The lowest BCUT2D eigenvalue weighted by atomic mass is 10.1. The van der Waals surface area contributed by atoms with Crippen molar-refractivity contribution < 1.29 is 53.1 Å². The van der Waals surface area contributed by atoms with Gasteiger partial charge in [0.2, 0.25) is 53.2 Å². The SMILES string of the molecule is CC(N)C(=O)NC(CCC(=O)NC(CCCCNC(=O)CNC(=O)CNC(=O)CNC(=O)CNC(=O)CN)C(=O)NC(C)C(=O)O)C(N)=O. The maximum absolute atomic E-state index is 12.7. The Balaban J connectivity index is 4.65. The zero-order valence-corrected chi connectivity index (χ0v) is 27.3. The Bertz CT molecular complexity index is 1210. The van der Waals surface area contributed by atoms with Gasteiger partial charge in [0.15, 0.2) is 0 Å². The minimum absolute atomic E-state index is 0.0413. The third-order valence-corrected chi connectivity index (χ3v) is 6.33. The van der Waals surface area contributed by atoms with Gasteiger partial charge >= 0.3 is 5.97 Å². The van der Waals surface area contributed by atoms with Crippen LogP contribution in [0.15, 0.2) is 0 Å². The number of rotatable bonds is 24. The number of carboxylic acid groups (broad SMARTS) is 1. The molecule has 0 radical (unpaired) electrons. The van der Waals surface area contributed by atoms with E-state index in [2.05, 4.69) is 42.5 Å². The highest BCUT2D eigenvalue weighted by Gasteiger charge is 2.26. The number of carbonyl (C=O) groups excluding carboxylic acids is 9. The summed E-state index contributed by atoms with van der Waals surface area (Å²) in [6.07, 6.45) is 0.134. The van der Waals surface area contributed by atoms with Crippen LogP contribution < -0.4 is 59.7 Å². The van der Waals surface area contributed by atoms with Gasteiger partial charge in [0.1, 0.15) is 18.1 Å². The van der Waals surface area contributed by atoms with E-state index in [0.717, 1.165) is 0 Å². The van der Waals surface area contributed by atoms with Gasteiger partial charge in [0, 0.05) is 13.0 Å². The molecular formula is C27H47N11O11. The van der Waals surface area contributed by atoms with E-state index < -0.39 is 103 Å². The second kappa shape index (κ2) is 23.9. The molecule has 49 heavy (non-hydrogen) atoms. The predicted molar refractivity (Wildman–Crippen MR) is 169 cm³/mol. The molecule has 0 bridgehead atoms. The minimum Gasteiger partial charge on any atom is -0.480 e. The molecule has 4 unspecified atom stereocenters. The second-order valence-electron chi connectivity index (χ2n) is 10.6. The molecule has 0 aliphatic heterocycles. The second-order valence-corrected chi connectivity index (χ2v) is 10.6. The Kier molecular flexibility index (Phi) is 21.2. The van der Waals surface area contributed by atoms with Gasteiger partial charge in [-0.3, -0.25) is 47.9 Å². The molecule has 0 saturated carbocycles. The number of nitrogens with two attached hydrogens (primary N) is 3. The lowest BCUT2D eigenvalue weighted by Gasteiger charge is -2.21. The molecule has 0 aromatic rings. The Hall–Kier alpha value is -5.38. The summed E-state index contributed by atoms with van der Waals surface area (Å²) < 4.78 is 0. The fraction of sp³-hybridized carbons (Fsp3) is 0.630. The molecule has 0 fully saturated rings. The summed E-state index contributed by atoms with van der Waals surface area (Å²) in [7, 11) is 0. The third-order valence-electron chi connectivity index (χ3n) is 6.33. The van der Waals surface area contributed by atoms with Crippen LogP contribution in [0.4, 0.5) is 0 Å². The molecule has 0 saturated heterocycles. The molecule has 0 aromatic carbocycles. The summed E-state index contributed by atoms with van der Waals surface area (Å²) in [5.74, 6) is -7.47. The van der Waals surface area contributed by atoms with Crippen LogP contribution >= 0.6 is 0 Å². The molecule has 0 aliphatic rings. The highest BCUT2D eigenvalue weighted by atomic mass is 16.4. The van der Waals surface area contributed by atoms with Crippen molar-refractivity contribution in [3.8, 4) is 0 Å². The number of carbonyl (C=O) groups is 10. The summed E-state index contributed by atoms with van der Waals surface area (Å²) in [6.45, 7) is 0.699. The molecule has 0 aromatic heterocycles. The van der Waals surface area contributed by atoms with Crippen LogP contribution in [0, 0.1) is 0 Å². The quantitative estimate of drug-likeness (QED) is 0.0417. The molecule has 276 valence electrons. The lowest BCUT2D eigenvalue weighted by Crippen LogP contribution is -2.52. The van der Waals surface area contributed by atoms with E-state index in [-0.39, 0.29) is 45.3 Å². The van der Waals surface area contributed by atoms with Crippen LogP contribution in [0.5, 0.6) is 0 Å². The summed E-state index contributed by atoms with van der Waals surface area (Å²) >= 11 is 0. The number of primary amides is 1. The van der Waals surface area contributed by atoms with Crippen LogP contribution in [0.2, 0.25) is 0 Å². The van der Waals surface area contributed by atoms with E-state index in [0.29, 0.717) is 6.42 Å². The van der Waals surface area contributed by atoms with E-state index in [1.807, 2.05) is 0 Å². The van der Waals surface area contributed by atoms with Crippen molar-refractivity contribution in [2.75, 3.05) is 39.3 Å². The monoisotopic (exact) mass is 701 g/mol. The van der Waals surface area contributed by atoms with Crippen molar-refractivity contribution >= 4 is 59.1 Å². The molecule has 0 rings (SSSR count). The van der Waals surface area contributed by atoms with Gasteiger partial charge in [-0.1, -0.05) is 0 Å². The molecule has 22 heteroatoms. The molecule has 15 N–H and O–H groups in total. The highest BCUT2D eigenvalue weighted by Crippen LogP contribution is 2.05. The number of aliphatic carboxylic acids is 1. The van der Waals surface area contributed by atoms with Gasteiger partial charge in [-0.15, -0.1) is 0 Å². The van der Waals surface area contributed by atoms with E-state index in [1.165, 1.54) is 13.8 Å². The van der Waals surface area contributed by atoms with Crippen LogP contribution in [0.25, 0.3) is 0 Å². The van der Waals surface area contributed by atoms with E-state index in [1.54, 1.807) is 0 Å². The van der Waals surface area contributed by atoms with Gasteiger partial charge in [0.05, 0.1) is 38.8 Å². The fourth-order valence-corrected chi connectivity index (χ4v) is 3.51. The van der Waals surface area contributed by atoms with Crippen molar-refractivity contribution in [2.45, 2.75) is 70.1 Å². The molecule has 4 atom stereocenters. The number of unbranched alkanes of at least 4 members (excludes halogenated alkanes) is 1. The van der Waals surface area contributed by atoms with Crippen molar-refractivity contribution in [2.24, 2.45) is 17.2 Å². The average molecular weight is 702 g/mol. The topological polar surface area (TPSA) is 365 Å². The average Bonchev–Trinajstić information content (AvgIpc) is 3.04. The van der Waals surface area contributed by atoms with Gasteiger partial charge in [-0.05, 0) is 39.5 Å². The third kappa shape index (κ3) is 21.2. The first kappa shape index (κ1) is 43.6. The number of hydrogen-bond donors (Lipinski definition) is 12. The Morgan fingerprint density at radius 1 is 0.592 bits per heavy atom. The predicted octanol–water partition coefficient (Wildman–Crippen LogP) is -7.13. The first-order valence-electron chi connectivity index (χ1n) is 15.2. The van der Waals surface area contributed by atoms with Crippen LogP contribution in [-0.4, -0.2) is 128 Å². The molecular weight excluding hydrogens is 654 g/mol. The largest absolute Gasteiger partial charge is 0.480 e. The minimum atomic E-state index is -1.31. The zero-order chi connectivity index (χ0) is 37.5. The highest BCUT2D eigenvalue weighted by molar-refractivity contribution is 5.92. The number of nitrogens with one attached hydrogen (secondary N) is 8. The maximum atomic E-state index is 12.7. The summed E-state index contributed by atoms with van der Waals surface area (Å²) in [5.41, 5.74) is 15.8. The molecule has 22 nitrogen and oxygen atoms in total. The fourth-order valence-electron chi connectivity index (χ4n) is 3.51. The Labute approximate surface area is 281 Å². The van der Waals surface area contributed by atoms with Crippen LogP contribution in [0.1, 0.15) is 46.0 Å². The van der Waals surface area contributed by atoms with Gasteiger partial charge in [-0.25, -0.2) is 0 Å². The lowest BCUT2D eigenvalue weighted by molar-refractivity contribution is -0.141. The Morgan fingerprint density at radius 2 is 1.08 bits per heavy atom. The van der Waals surface area contributed by atoms with Gasteiger partial charge in [-0.2, -0.15) is 0 Å². The van der Waals surface area contributed by atoms with Crippen LogP contribution in [0.3, 0.4) is 0 Å². The first-order valence-corrected chi connectivity index (χ1v) is 15.2. The van der Waals surface area contributed by atoms with Crippen molar-refractivity contribution in [1.82, 2.24) is 42.5 Å². The van der Waals surface area contributed by atoms with E-state index in [4.69, 9.17) is 22.3 Å². The zero-order valence-electron chi connectivity index (χ0n) is 27.3. The standard InChI is InChI=1S/C27H47N11O11/c1-14(29)25(46)38-16(24(30)45)6-7-18(39)37-17(26(47)36-15(2)27(48)49)5-3-4-8-31-20(41)10-33-22(43)12-35-23(44)13-34-21(42)11-32-19(40)9-28/h14-17H,3-13,28-29H2,1-2H3,(H2,30,45)(H,31,41)(H,32,40)(H,33,43)(H,34,42)(H,35,44)(H,36,47)(H,37,39)(H,38,46)(H,48,49). The summed E-state index contributed by atoms with van der Waals surface area (Å²) in [5, 5.41) is 27.7. The summed E-state index contributed by atoms with van der Waals surface area (Å²) in [6, 6.07) is -4.55. The Morgan fingerprint density at radius 3 is 1.53 bits per heavy atom. The van der Waals surface area contributed by atoms with Crippen LogP contribution in [-0.2, 0) is 47.9 Å². The molecule has 0 aliphatic carbocycles. The molecule has 9 amide bonds. The maximum Gasteiger partial charge on any atom is 0.325 e. The molecule has 0 spiro atoms. The number of amides is 9. The van der Waals surface area contributed by atoms with Crippen molar-refractivity contribution in [3.63, 3.8) is 0 Å². The summed E-state index contributed by atoms with van der Waals surface area (Å²) in [4.78, 5) is 118. The first-order chi connectivity index (χ1) is 23.0. The van der Waals surface area contributed by atoms with E-state index >= 15 is 0 Å².